The molecule has 2 N–H and O–H groups in total. The molecule has 0 aliphatic heterocycles. The van der Waals surface area contributed by atoms with Crippen LogP contribution in [0.15, 0.2) is 85.3 Å². The van der Waals surface area contributed by atoms with E-state index in [0.29, 0.717) is 28.5 Å². The highest BCUT2D eigenvalue weighted by Gasteiger charge is 2.19. The number of amides is 2. The molecule has 2 amide bonds. The summed E-state index contributed by atoms with van der Waals surface area (Å²) in [6, 6.07) is 20.4. The van der Waals surface area contributed by atoms with Gasteiger partial charge in [0.1, 0.15) is 5.69 Å². The van der Waals surface area contributed by atoms with E-state index in [4.69, 9.17) is 11.6 Å². The predicted molar refractivity (Wildman–Crippen MR) is 123 cm³/mol. The Bertz CT molecular complexity index is 1210. The Morgan fingerprint density at radius 3 is 2.47 bits per heavy atom. The summed E-state index contributed by atoms with van der Waals surface area (Å²) >= 11 is 6.01. The van der Waals surface area contributed by atoms with Crippen molar-refractivity contribution in [2.45, 2.75) is 6.54 Å². The van der Waals surface area contributed by atoms with Gasteiger partial charge in [0.25, 0.3) is 5.91 Å². The maximum Gasteiger partial charge on any atom is 0.255 e. The second-order valence-electron chi connectivity index (χ2n) is 7.05. The summed E-state index contributed by atoms with van der Waals surface area (Å²) in [5.74, 6) is -0.744. The molecule has 0 radical (unpaired) electrons. The molecule has 4 rings (SSSR count). The molecule has 0 aliphatic rings. The summed E-state index contributed by atoms with van der Waals surface area (Å²) in [5, 5.41) is 10.6. The molecule has 0 saturated carbocycles. The number of aromatic nitrogens is 3. The van der Waals surface area contributed by atoms with E-state index in [-0.39, 0.29) is 12.5 Å². The zero-order chi connectivity index (χ0) is 22.3. The van der Waals surface area contributed by atoms with Crippen LogP contribution in [0.1, 0.15) is 15.9 Å². The molecule has 0 spiro atoms. The first kappa shape index (κ1) is 21.3. The van der Waals surface area contributed by atoms with Crippen LogP contribution in [0, 0.1) is 0 Å². The van der Waals surface area contributed by atoms with Gasteiger partial charge in [0.2, 0.25) is 5.91 Å². The Kier molecular flexibility index (Phi) is 6.57. The Morgan fingerprint density at radius 2 is 1.75 bits per heavy atom. The van der Waals surface area contributed by atoms with Crippen LogP contribution in [-0.2, 0) is 11.3 Å². The summed E-state index contributed by atoms with van der Waals surface area (Å²) in [7, 11) is 0. The maximum absolute atomic E-state index is 12.9. The molecular weight excluding hydrogens is 426 g/mol. The molecule has 2 aromatic heterocycles. The number of carbonyl (C=O) groups excluding carboxylic acids is 2. The average molecular weight is 446 g/mol. The molecular formula is C24H20ClN5O2. The lowest BCUT2D eigenvalue weighted by Gasteiger charge is -2.07. The van der Waals surface area contributed by atoms with Gasteiger partial charge in [-0.1, -0.05) is 54.1 Å². The molecule has 0 saturated heterocycles. The first-order valence-corrected chi connectivity index (χ1v) is 10.3. The standard InChI is InChI=1S/C24H20ClN5O2/c25-19-10-8-18(9-11-19)23-21(16-30(29-23)15-17-5-2-1-3-6-17)24(32)27-14-22(31)28-20-7-4-12-26-13-20/h1-13,16H,14-15H2,(H,27,32)(H,28,31). The highest BCUT2D eigenvalue weighted by molar-refractivity contribution is 6.30. The van der Waals surface area contributed by atoms with E-state index in [1.807, 2.05) is 42.5 Å². The van der Waals surface area contributed by atoms with Gasteiger partial charge in [-0.2, -0.15) is 5.10 Å². The number of hydrogen-bond donors (Lipinski definition) is 2. The van der Waals surface area contributed by atoms with Gasteiger partial charge < -0.3 is 10.6 Å². The van der Waals surface area contributed by atoms with Crippen molar-refractivity contribution in [3.8, 4) is 11.3 Å². The van der Waals surface area contributed by atoms with Gasteiger partial charge in [-0.15, -0.1) is 0 Å². The monoisotopic (exact) mass is 445 g/mol. The third-order valence-electron chi connectivity index (χ3n) is 4.67. The lowest BCUT2D eigenvalue weighted by atomic mass is 10.1. The first-order chi connectivity index (χ1) is 15.6. The number of anilines is 1. The van der Waals surface area contributed by atoms with Gasteiger partial charge in [0, 0.05) is 23.0 Å². The van der Waals surface area contributed by atoms with Crippen LogP contribution < -0.4 is 10.6 Å². The average Bonchev–Trinajstić information content (AvgIpc) is 3.23. The van der Waals surface area contributed by atoms with Crippen molar-refractivity contribution in [1.29, 1.82) is 0 Å². The molecule has 0 unspecified atom stereocenters. The minimum absolute atomic E-state index is 0.183. The molecule has 32 heavy (non-hydrogen) atoms. The first-order valence-electron chi connectivity index (χ1n) is 9.94. The zero-order valence-electron chi connectivity index (χ0n) is 17.0. The summed E-state index contributed by atoms with van der Waals surface area (Å²) < 4.78 is 1.71. The molecule has 7 nitrogen and oxygen atoms in total. The topological polar surface area (TPSA) is 88.9 Å². The Balaban J connectivity index is 1.53. The van der Waals surface area contributed by atoms with Crippen molar-refractivity contribution in [1.82, 2.24) is 20.1 Å². The van der Waals surface area contributed by atoms with E-state index >= 15 is 0 Å². The van der Waals surface area contributed by atoms with E-state index in [9.17, 15) is 9.59 Å². The Labute approximate surface area is 190 Å². The van der Waals surface area contributed by atoms with Gasteiger partial charge >= 0.3 is 0 Å². The number of rotatable bonds is 7. The third kappa shape index (κ3) is 5.39. The molecule has 0 atom stereocenters. The summed E-state index contributed by atoms with van der Waals surface area (Å²) in [5.41, 5.74) is 3.26. The van der Waals surface area contributed by atoms with E-state index in [2.05, 4.69) is 20.7 Å². The molecule has 160 valence electrons. The van der Waals surface area contributed by atoms with Gasteiger partial charge in [0.15, 0.2) is 0 Å². The van der Waals surface area contributed by atoms with Crippen molar-refractivity contribution >= 4 is 29.1 Å². The maximum atomic E-state index is 12.9. The van der Waals surface area contributed by atoms with E-state index in [0.717, 1.165) is 11.1 Å². The summed E-state index contributed by atoms with van der Waals surface area (Å²) in [6.07, 6.45) is 4.83. The van der Waals surface area contributed by atoms with Gasteiger partial charge in [0.05, 0.1) is 30.5 Å². The van der Waals surface area contributed by atoms with Crippen LogP contribution in [0.4, 0.5) is 5.69 Å². The number of nitrogens with zero attached hydrogens (tertiary/aromatic N) is 3. The summed E-state index contributed by atoms with van der Waals surface area (Å²) in [6.45, 7) is 0.327. The molecule has 8 heteroatoms. The molecule has 0 aliphatic carbocycles. The number of benzene rings is 2. The van der Waals surface area contributed by atoms with Crippen molar-refractivity contribution < 1.29 is 9.59 Å². The van der Waals surface area contributed by atoms with Crippen molar-refractivity contribution in [3.63, 3.8) is 0 Å². The highest BCUT2D eigenvalue weighted by atomic mass is 35.5. The largest absolute Gasteiger partial charge is 0.343 e. The van der Waals surface area contributed by atoms with Gasteiger partial charge in [-0.05, 0) is 29.8 Å². The Hall–Kier alpha value is -3.97. The molecule has 4 aromatic rings. The normalized spacial score (nSPS) is 10.5. The van der Waals surface area contributed by atoms with Crippen LogP contribution in [-0.4, -0.2) is 33.1 Å². The van der Waals surface area contributed by atoms with E-state index in [1.54, 1.807) is 41.3 Å². The fourth-order valence-corrected chi connectivity index (χ4v) is 3.28. The van der Waals surface area contributed by atoms with E-state index < -0.39 is 5.91 Å². The van der Waals surface area contributed by atoms with Crippen LogP contribution in [0.25, 0.3) is 11.3 Å². The Morgan fingerprint density at radius 1 is 0.969 bits per heavy atom. The van der Waals surface area contributed by atoms with Crippen molar-refractivity contribution in [2.24, 2.45) is 0 Å². The fourth-order valence-electron chi connectivity index (χ4n) is 3.16. The SMILES string of the molecule is O=C(CNC(=O)c1cn(Cc2ccccc2)nc1-c1ccc(Cl)cc1)Nc1cccnc1. The molecule has 0 fully saturated rings. The summed E-state index contributed by atoms with van der Waals surface area (Å²) in [4.78, 5) is 29.1. The van der Waals surface area contributed by atoms with Crippen LogP contribution >= 0.6 is 11.6 Å². The van der Waals surface area contributed by atoms with Crippen LogP contribution in [0.3, 0.4) is 0 Å². The quantitative estimate of drug-likeness (QED) is 0.449. The predicted octanol–water partition coefficient (Wildman–Crippen LogP) is 4.02. The molecule has 2 aromatic carbocycles. The highest BCUT2D eigenvalue weighted by Crippen LogP contribution is 2.24. The van der Waals surface area contributed by atoms with Crippen molar-refractivity contribution in [3.05, 3.63) is 101 Å². The number of pyridine rings is 1. The number of carbonyl (C=O) groups is 2. The van der Waals surface area contributed by atoms with Crippen LogP contribution in [0.2, 0.25) is 5.02 Å². The van der Waals surface area contributed by atoms with Gasteiger partial charge in [-0.25, -0.2) is 0 Å². The number of nitrogens with one attached hydrogen (secondary N) is 2. The number of hydrogen-bond acceptors (Lipinski definition) is 4. The van der Waals surface area contributed by atoms with Crippen LogP contribution in [0.5, 0.6) is 0 Å². The minimum atomic E-state index is -0.393. The second-order valence-corrected chi connectivity index (χ2v) is 7.49. The van der Waals surface area contributed by atoms with E-state index in [1.165, 1.54) is 6.20 Å². The molecule has 2 heterocycles. The van der Waals surface area contributed by atoms with Crippen molar-refractivity contribution in [2.75, 3.05) is 11.9 Å². The van der Waals surface area contributed by atoms with Gasteiger partial charge in [-0.3, -0.25) is 19.3 Å². The third-order valence-corrected chi connectivity index (χ3v) is 4.92. The fraction of sp³-hybridized carbons (Fsp3) is 0.0833. The molecule has 0 bridgehead atoms. The zero-order valence-corrected chi connectivity index (χ0v) is 17.8. The lowest BCUT2D eigenvalue weighted by molar-refractivity contribution is -0.115. The number of halogens is 1. The minimum Gasteiger partial charge on any atom is -0.343 e. The lowest BCUT2D eigenvalue weighted by Crippen LogP contribution is -2.33. The smallest absolute Gasteiger partial charge is 0.255 e. The second kappa shape index (κ2) is 9.89.